The first-order chi connectivity index (χ1) is 30.4. The van der Waals surface area contributed by atoms with Crippen molar-refractivity contribution in [2.75, 3.05) is 4.90 Å². The highest BCUT2D eigenvalue weighted by Crippen LogP contribution is 2.44. The van der Waals surface area contributed by atoms with E-state index in [0.717, 1.165) is 76.9 Å². The molecule has 11 rings (SSSR count). The van der Waals surface area contributed by atoms with Gasteiger partial charge in [0.2, 0.25) is 0 Å². The lowest BCUT2D eigenvalue weighted by atomic mass is 9.95. The molecule has 0 aliphatic heterocycles. The molecule has 0 bridgehead atoms. The number of furan rings is 1. The fraction of sp³-hybridized carbons (Fsp3) is 0. The molecule has 2 nitrogen and oxygen atoms in total. The lowest BCUT2D eigenvalue weighted by Gasteiger charge is -2.28. The van der Waals surface area contributed by atoms with Gasteiger partial charge < -0.3 is 9.32 Å². The van der Waals surface area contributed by atoms with Gasteiger partial charge in [0.15, 0.2) is 0 Å². The quantitative estimate of drug-likeness (QED) is 0.162. The fourth-order valence-corrected chi connectivity index (χ4v) is 8.29. The molecular formula is C56H37NO. The van der Waals surface area contributed by atoms with Crippen LogP contribution in [0.1, 0.15) is 5.48 Å². The van der Waals surface area contributed by atoms with Crippen LogP contribution in [0.4, 0.5) is 17.1 Å². The Balaban J connectivity index is 1.10. The van der Waals surface area contributed by atoms with Crippen LogP contribution in [-0.2, 0) is 0 Å². The van der Waals surface area contributed by atoms with Crippen LogP contribution in [0.3, 0.4) is 0 Å². The number of hydrogen-bond acceptors (Lipinski definition) is 2. The molecule has 0 N–H and O–H groups in total. The summed E-state index contributed by atoms with van der Waals surface area (Å²) in [5, 5.41) is 6.35. The Hall–Kier alpha value is -7.68. The van der Waals surface area contributed by atoms with Gasteiger partial charge in [-0.2, -0.15) is 0 Å². The second-order valence-electron chi connectivity index (χ2n) is 14.6. The van der Waals surface area contributed by atoms with Gasteiger partial charge in [-0.1, -0.05) is 170 Å². The van der Waals surface area contributed by atoms with Gasteiger partial charge in [-0.05, 0) is 110 Å². The van der Waals surface area contributed by atoms with Crippen molar-refractivity contribution in [2.24, 2.45) is 0 Å². The Morgan fingerprint density at radius 2 is 0.948 bits per heavy atom. The SMILES string of the molecule is [2H]c1c([2H])c(N(c2ccc(-c3ccccc3)cc2)c2ccccc2-c2ccc3ccc4c5ccccc5oc4c3c2)c([2H])c([2H])c1-c1cccc(-c2cccc3ccccc23)c1. The maximum Gasteiger partial charge on any atom is 0.143 e. The highest BCUT2D eigenvalue weighted by atomic mass is 16.3. The predicted molar refractivity (Wildman–Crippen MR) is 245 cm³/mol. The number of fused-ring (bicyclic) bond motifs is 6. The third kappa shape index (κ3) is 5.91. The third-order valence-electron chi connectivity index (χ3n) is 11.1. The van der Waals surface area contributed by atoms with E-state index in [2.05, 4.69) is 72.8 Å². The summed E-state index contributed by atoms with van der Waals surface area (Å²) in [7, 11) is 0. The van der Waals surface area contributed by atoms with Gasteiger partial charge in [-0.15, -0.1) is 0 Å². The van der Waals surface area contributed by atoms with Crippen molar-refractivity contribution >= 4 is 60.5 Å². The third-order valence-corrected chi connectivity index (χ3v) is 11.1. The van der Waals surface area contributed by atoms with E-state index >= 15 is 0 Å². The maximum atomic E-state index is 9.74. The molecule has 0 atom stereocenters. The van der Waals surface area contributed by atoms with Crippen molar-refractivity contribution < 1.29 is 9.90 Å². The molecule has 0 unspecified atom stereocenters. The molecule has 0 fully saturated rings. The van der Waals surface area contributed by atoms with Crippen LogP contribution in [0.15, 0.2) is 229 Å². The van der Waals surface area contributed by atoms with E-state index in [9.17, 15) is 5.48 Å². The molecule has 1 aromatic heterocycles. The summed E-state index contributed by atoms with van der Waals surface area (Å²) in [5.41, 5.74) is 9.93. The minimum Gasteiger partial charge on any atom is -0.455 e. The molecule has 272 valence electrons. The number of nitrogens with zero attached hydrogens (tertiary/aromatic N) is 1. The molecule has 0 aliphatic carbocycles. The van der Waals surface area contributed by atoms with Gasteiger partial charge >= 0.3 is 0 Å². The van der Waals surface area contributed by atoms with Gasteiger partial charge in [0.25, 0.3) is 0 Å². The van der Waals surface area contributed by atoms with Gasteiger partial charge in [-0.25, -0.2) is 0 Å². The Bertz CT molecular complexity index is 3490. The van der Waals surface area contributed by atoms with E-state index < -0.39 is 0 Å². The van der Waals surface area contributed by atoms with Crippen LogP contribution in [0, 0.1) is 0 Å². The largest absolute Gasteiger partial charge is 0.455 e. The molecule has 11 aromatic rings. The first-order valence-corrected chi connectivity index (χ1v) is 19.5. The van der Waals surface area contributed by atoms with Crippen LogP contribution in [-0.4, -0.2) is 0 Å². The van der Waals surface area contributed by atoms with Gasteiger partial charge in [-0.3, -0.25) is 0 Å². The average molecular weight is 744 g/mol. The monoisotopic (exact) mass is 743 g/mol. The number of anilines is 3. The number of rotatable bonds is 7. The second kappa shape index (κ2) is 14.1. The summed E-state index contributed by atoms with van der Waals surface area (Å²) in [5.74, 6) is 0. The molecule has 2 heteroatoms. The summed E-state index contributed by atoms with van der Waals surface area (Å²) < 4.78 is 45.1. The minimum absolute atomic E-state index is 0.113. The Morgan fingerprint density at radius 1 is 0.345 bits per heavy atom. The molecule has 0 spiro atoms. The first-order valence-electron chi connectivity index (χ1n) is 21.5. The maximum absolute atomic E-state index is 9.74. The molecule has 0 amide bonds. The molecule has 58 heavy (non-hydrogen) atoms. The van der Waals surface area contributed by atoms with E-state index in [-0.39, 0.29) is 35.4 Å². The summed E-state index contributed by atoms with van der Waals surface area (Å²) in [6.07, 6.45) is 0. The van der Waals surface area contributed by atoms with E-state index in [0.29, 0.717) is 16.9 Å². The zero-order valence-electron chi connectivity index (χ0n) is 35.4. The normalized spacial score (nSPS) is 12.4. The van der Waals surface area contributed by atoms with E-state index in [1.165, 1.54) is 0 Å². The second-order valence-corrected chi connectivity index (χ2v) is 14.6. The van der Waals surface area contributed by atoms with Crippen molar-refractivity contribution in [1.82, 2.24) is 0 Å². The van der Waals surface area contributed by atoms with Crippen LogP contribution in [0.25, 0.3) is 88.0 Å². The average Bonchev–Trinajstić information content (AvgIpc) is 3.72. The smallest absolute Gasteiger partial charge is 0.143 e. The number of para-hydroxylation sites is 2. The Kier molecular flexibility index (Phi) is 7.20. The molecule has 0 aliphatic rings. The Labute approximate surface area is 343 Å². The topological polar surface area (TPSA) is 16.4 Å². The molecule has 0 saturated heterocycles. The molecule has 1 heterocycles. The summed E-state index contributed by atoms with van der Waals surface area (Å²) in [6, 6.07) is 66.6. The van der Waals surface area contributed by atoms with Crippen molar-refractivity contribution in [3.63, 3.8) is 0 Å². The summed E-state index contributed by atoms with van der Waals surface area (Å²) in [6.45, 7) is 0. The molecular weight excluding hydrogens is 703 g/mol. The highest BCUT2D eigenvalue weighted by molar-refractivity contribution is 6.15. The lowest BCUT2D eigenvalue weighted by molar-refractivity contribution is 0.672. The van der Waals surface area contributed by atoms with Gasteiger partial charge in [0, 0.05) is 33.1 Å². The molecule has 0 saturated carbocycles. The zero-order chi connectivity index (χ0) is 41.9. The number of hydrogen-bond donors (Lipinski definition) is 0. The van der Waals surface area contributed by atoms with Crippen LogP contribution in [0.5, 0.6) is 0 Å². The van der Waals surface area contributed by atoms with Gasteiger partial charge in [0.1, 0.15) is 11.2 Å². The zero-order valence-corrected chi connectivity index (χ0v) is 31.4. The highest BCUT2D eigenvalue weighted by Gasteiger charge is 2.19. The summed E-state index contributed by atoms with van der Waals surface area (Å²) in [4.78, 5) is 1.88. The summed E-state index contributed by atoms with van der Waals surface area (Å²) >= 11 is 0. The fourth-order valence-electron chi connectivity index (χ4n) is 8.29. The molecule has 0 radical (unpaired) electrons. The van der Waals surface area contributed by atoms with Crippen LogP contribution in [0.2, 0.25) is 0 Å². The standard InChI is InChI=1S/C56H37NO/c1-2-12-38(13-3-1)39-26-31-46(32-27-39)57(47-33-28-40(29-34-47)43-16-10-17-44(36-43)49-21-11-15-41-14-4-5-18-48(41)49)54-22-8-6-19-50(54)45-25-24-42-30-35-52-51-20-7-9-23-55(51)58-56(52)53(42)37-45/h1-37H/i28D,29D,33D,34D. The lowest BCUT2D eigenvalue weighted by Crippen LogP contribution is -2.11. The van der Waals surface area contributed by atoms with Crippen molar-refractivity contribution in [1.29, 1.82) is 0 Å². The molecule has 10 aromatic carbocycles. The predicted octanol–water partition coefficient (Wildman–Crippen LogP) is 16.0. The van der Waals surface area contributed by atoms with E-state index in [1.54, 1.807) is 0 Å². The van der Waals surface area contributed by atoms with Crippen LogP contribution < -0.4 is 4.90 Å². The van der Waals surface area contributed by atoms with Crippen LogP contribution >= 0.6 is 0 Å². The van der Waals surface area contributed by atoms with Crippen molar-refractivity contribution in [3.8, 4) is 44.5 Å². The van der Waals surface area contributed by atoms with Crippen molar-refractivity contribution in [3.05, 3.63) is 224 Å². The van der Waals surface area contributed by atoms with Gasteiger partial charge in [0.05, 0.1) is 11.2 Å². The Morgan fingerprint density at radius 3 is 1.83 bits per heavy atom. The van der Waals surface area contributed by atoms with E-state index in [1.807, 2.05) is 132 Å². The minimum atomic E-state index is -0.138. The number of benzene rings is 10. The first kappa shape index (κ1) is 29.6. The van der Waals surface area contributed by atoms with Crippen molar-refractivity contribution in [2.45, 2.75) is 0 Å². The van der Waals surface area contributed by atoms with E-state index in [4.69, 9.17) is 4.42 Å².